The lowest BCUT2D eigenvalue weighted by Gasteiger charge is -2.15. The molecule has 0 aromatic heterocycles. The molecule has 5 nitrogen and oxygen atoms in total. The van der Waals surface area contributed by atoms with Gasteiger partial charge in [-0.05, 0) is 36.4 Å². The molecule has 0 saturated carbocycles. The maximum absolute atomic E-state index is 12.9. The normalized spacial score (nSPS) is 11.5. The number of amides is 1. The van der Waals surface area contributed by atoms with E-state index < -0.39 is 21.7 Å². The van der Waals surface area contributed by atoms with Crippen LogP contribution in [0.5, 0.6) is 0 Å². The summed E-state index contributed by atoms with van der Waals surface area (Å²) in [6.45, 7) is 0. The minimum Gasteiger partial charge on any atom is -0.321 e. The highest BCUT2D eigenvalue weighted by Gasteiger charge is 2.22. The Labute approximate surface area is 128 Å². The summed E-state index contributed by atoms with van der Waals surface area (Å²) < 4.78 is 38.4. The molecule has 0 saturated heterocycles. The first-order chi connectivity index (χ1) is 10.3. The summed E-state index contributed by atoms with van der Waals surface area (Å²) in [7, 11) is -0.862. The van der Waals surface area contributed by atoms with Crippen LogP contribution in [0.2, 0.25) is 0 Å². The molecule has 1 amide bonds. The van der Waals surface area contributed by atoms with Gasteiger partial charge in [-0.25, -0.2) is 17.1 Å². The van der Waals surface area contributed by atoms with E-state index in [1.165, 1.54) is 38.4 Å². The van der Waals surface area contributed by atoms with Crippen molar-refractivity contribution < 1.29 is 17.6 Å². The van der Waals surface area contributed by atoms with Gasteiger partial charge >= 0.3 is 0 Å². The summed E-state index contributed by atoms with van der Waals surface area (Å²) in [6.07, 6.45) is 0. The van der Waals surface area contributed by atoms with Crippen LogP contribution in [0.15, 0.2) is 53.4 Å². The first-order valence-electron chi connectivity index (χ1n) is 6.41. The summed E-state index contributed by atoms with van der Waals surface area (Å²) in [4.78, 5) is 12.1. The number of carbonyl (C=O) groups excluding carboxylic acids is 1. The second-order valence-corrected chi connectivity index (χ2v) is 6.86. The quantitative estimate of drug-likeness (QED) is 0.939. The maximum Gasteiger partial charge on any atom is 0.255 e. The van der Waals surface area contributed by atoms with Crippen LogP contribution < -0.4 is 5.32 Å². The Morgan fingerprint density at radius 2 is 1.64 bits per heavy atom. The summed E-state index contributed by atoms with van der Waals surface area (Å²) >= 11 is 0. The summed E-state index contributed by atoms with van der Waals surface area (Å²) in [6, 6.07) is 11.1. The van der Waals surface area contributed by atoms with E-state index in [0.29, 0.717) is 0 Å². The lowest BCUT2D eigenvalue weighted by atomic mass is 10.2. The van der Waals surface area contributed by atoms with E-state index in [-0.39, 0.29) is 16.1 Å². The summed E-state index contributed by atoms with van der Waals surface area (Å²) in [5, 5.41) is 2.54. The van der Waals surface area contributed by atoms with E-state index in [0.717, 1.165) is 16.4 Å². The minimum absolute atomic E-state index is 0.00420. The third kappa shape index (κ3) is 3.32. The monoisotopic (exact) mass is 322 g/mol. The van der Waals surface area contributed by atoms with Crippen LogP contribution in [0, 0.1) is 5.82 Å². The average molecular weight is 322 g/mol. The van der Waals surface area contributed by atoms with Gasteiger partial charge in [0.2, 0.25) is 10.0 Å². The Morgan fingerprint density at radius 1 is 1.05 bits per heavy atom. The molecule has 2 aromatic carbocycles. The highest BCUT2D eigenvalue weighted by Crippen LogP contribution is 2.23. The molecule has 0 fully saturated rings. The van der Waals surface area contributed by atoms with E-state index in [1.54, 1.807) is 12.1 Å². The second-order valence-electron chi connectivity index (χ2n) is 4.74. The lowest BCUT2D eigenvalue weighted by molar-refractivity contribution is 0.102. The number of sulfonamides is 1. The van der Waals surface area contributed by atoms with Gasteiger partial charge in [-0.15, -0.1) is 0 Å². The Bertz CT molecular complexity index is 787. The van der Waals surface area contributed by atoms with Gasteiger partial charge in [-0.1, -0.05) is 12.1 Å². The Hall–Kier alpha value is -2.25. The molecule has 7 heteroatoms. The van der Waals surface area contributed by atoms with E-state index in [9.17, 15) is 17.6 Å². The SMILES string of the molecule is CN(C)S(=O)(=O)c1ccccc1NC(=O)c1ccc(F)cc1. The number of rotatable bonds is 4. The van der Waals surface area contributed by atoms with E-state index >= 15 is 0 Å². The molecule has 0 spiro atoms. The van der Waals surface area contributed by atoms with Crippen molar-refractivity contribution in [3.8, 4) is 0 Å². The molecule has 2 aromatic rings. The van der Waals surface area contributed by atoms with Crippen LogP contribution in [0.4, 0.5) is 10.1 Å². The molecule has 1 N–H and O–H groups in total. The van der Waals surface area contributed by atoms with Gasteiger partial charge in [-0.2, -0.15) is 0 Å². The molecule has 0 bridgehead atoms. The van der Waals surface area contributed by atoms with Crippen LogP contribution in [0.25, 0.3) is 0 Å². The predicted octanol–water partition coefficient (Wildman–Crippen LogP) is 2.33. The van der Waals surface area contributed by atoms with Crippen molar-refractivity contribution in [3.05, 3.63) is 59.9 Å². The molecule has 0 heterocycles. The van der Waals surface area contributed by atoms with Gasteiger partial charge in [0.15, 0.2) is 0 Å². The number of para-hydroxylation sites is 1. The number of hydrogen-bond acceptors (Lipinski definition) is 3. The number of benzene rings is 2. The molecule has 22 heavy (non-hydrogen) atoms. The number of anilines is 1. The number of nitrogens with zero attached hydrogens (tertiary/aromatic N) is 1. The third-order valence-electron chi connectivity index (χ3n) is 3.00. The second kappa shape index (κ2) is 6.25. The fourth-order valence-corrected chi connectivity index (χ4v) is 2.83. The topological polar surface area (TPSA) is 66.5 Å². The lowest BCUT2D eigenvalue weighted by Crippen LogP contribution is -2.24. The van der Waals surface area contributed by atoms with E-state index in [4.69, 9.17) is 0 Å². The van der Waals surface area contributed by atoms with Gasteiger partial charge < -0.3 is 5.32 Å². The molecule has 0 atom stereocenters. The zero-order valence-corrected chi connectivity index (χ0v) is 12.9. The highest BCUT2D eigenvalue weighted by molar-refractivity contribution is 7.89. The molecule has 116 valence electrons. The van der Waals surface area contributed by atoms with Gasteiger partial charge in [-0.3, -0.25) is 4.79 Å². The summed E-state index contributed by atoms with van der Waals surface area (Å²) in [5.41, 5.74) is 0.406. The molecule has 0 aliphatic rings. The van der Waals surface area contributed by atoms with Crippen molar-refractivity contribution in [2.24, 2.45) is 0 Å². The molecule has 0 aliphatic carbocycles. The Kier molecular flexibility index (Phi) is 4.58. The van der Waals surface area contributed by atoms with Crippen LogP contribution in [-0.2, 0) is 10.0 Å². The summed E-state index contributed by atoms with van der Waals surface area (Å²) in [5.74, 6) is -0.964. The Balaban J connectivity index is 2.35. The average Bonchev–Trinajstić information content (AvgIpc) is 2.48. The van der Waals surface area contributed by atoms with Crippen molar-refractivity contribution in [1.29, 1.82) is 0 Å². The van der Waals surface area contributed by atoms with Gasteiger partial charge in [0.25, 0.3) is 5.91 Å². The molecular weight excluding hydrogens is 307 g/mol. The largest absolute Gasteiger partial charge is 0.321 e. The molecule has 0 aliphatic heterocycles. The number of hydrogen-bond donors (Lipinski definition) is 1. The zero-order chi connectivity index (χ0) is 16.3. The number of nitrogens with one attached hydrogen (secondary N) is 1. The van der Waals surface area contributed by atoms with Crippen molar-refractivity contribution in [3.63, 3.8) is 0 Å². The van der Waals surface area contributed by atoms with Crippen LogP contribution in [-0.4, -0.2) is 32.7 Å². The third-order valence-corrected chi connectivity index (χ3v) is 4.87. The predicted molar refractivity (Wildman–Crippen MR) is 81.7 cm³/mol. The first-order valence-corrected chi connectivity index (χ1v) is 7.85. The van der Waals surface area contributed by atoms with Gasteiger partial charge in [0.05, 0.1) is 5.69 Å². The van der Waals surface area contributed by atoms with E-state index in [2.05, 4.69) is 5.32 Å². The van der Waals surface area contributed by atoms with Crippen LogP contribution in [0.3, 0.4) is 0 Å². The van der Waals surface area contributed by atoms with Crippen molar-refractivity contribution in [2.75, 3.05) is 19.4 Å². The Morgan fingerprint density at radius 3 is 2.23 bits per heavy atom. The number of carbonyl (C=O) groups is 1. The van der Waals surface area contributed by atoms with Crippen molar-refractivity contribution >= 4 is 21.6 Å². The van der Waals surface area contributed by atoms with Crippen molar-refractivity contribution in [2.45, 2.75) is 4.90 Å². The standard InChI is InChI=1S/C15H15FN2O3S/c1-18(2)22(20,21)14-6-4-3-5-13(14)17-15(19)11-7-9-12(16)10-8-11/h3-10H,1-2H3,(H,17,19). The van der Waals surface area contributed by atoms with Gasteiger partial charge in [0, 0.05) is 19.7 Å². The molecule has 0 radical (unpaired) electrons. The smallest absolute Gasteiger partial charge is 0.255 e. The maximum atomic E-state index is 12.9. The molecule has 0 unspecified atom stereocenters. The fourth-order valence-electron chi connectivity index (χ4n) is 1.79. The van der Waals surface area contributed by atoms with Crippen LogP contribution in [0.1, 0.15) is 10.4 Å². The van der Waals surface area contributed by atoms with Crippen molar-refractivity contribution in [1.82, 2.24) is 4.31 Å². The minimum atomic E-state index is -3.68. The number of halogens is 1. The highest BCUT2D eigenvalue weighted by atomic mass is 32.2. The molecular formula is C15H15FN2O3S. The molecule has 2 rings (SSSR count). The van der Waals surface area contributed by atoms with Gasteiger partial charge in [0.1, 0.15) is 10.7 Å². The zero-order valence-electron chi connectivity index (χ0n) is 12.1. The van der Waals surface area contributed by atoms with E-state index in [1.807, 2.05) is 0 Å². The fraction of sp³-hybridized carbons (Fsp3) is 0.133. The van der Waals surface area contributed by atoms with Crippen LogP contribution >= 0.6 is 0 Å². The first kappa shape index (κ1) is 16.1.